The van der Waals surface area contributed by atoms with Gasteiger partial charge in [-0.2, -0.15) is 0 Å². The molecule has 0 heterocycles. The maximum absolute atomic E-state index is 10.0. The number of rotatable bonds is 5. The highest BCUT2D eigenvalue weighted by molar-refractivity contribution is 6.35. The van der Waals surface area contributed by atoms with Crippen LogP contribution >= 0.6 is 23.2 Å². The quantitative estimate of drug-likeness (QED) is 0.798. The van der Waals surface area contributed by atoms with Crippen LogP contribution in [-0.4, -0.2) is 11.2 Å². The Kier molecular flexibility index (Phi) is 5.97. The van der Waals surface area contributed by atoms with Crippen LogP contribution in [0.2, 0.25) is 10.0 Å². The molecule has 3 heteroatoms. The summed E-state index contributed by atoms with van der Waals surface area (Å²) in [5.74, 6) is 0. The second-order valence-electron chi connectivity index (χ2n) is 6.01. The second-order valence-corrected chi connectivity index (χ2v) is 6.83. The first-order valence-corrected chi connectivity index (χ1v) is 7.16. The molecular weight excluding hydrogens is 267 g/mol. The number of aliphatic hydroxyl groups is 1. The molecule has 1 rings (SSSR count). The average molecular weight is 289 g/mol. The van der Waals surface area contributed by atoms with E-state index in [1.165, 1.54) is 0 Å². The molecule has 0 bridgehead atoms. The van der Waals surface area contributed by atoms with Crippen molar-refractivity contribution in [3.63, 3.8) is 0 Å². The Labute approximate surface area is 120 Å². The molecule has 0 aliphatic rings. The molecule has 1 atom stereocenters. The third kappa shape index (κ3) is 5.60. The number of halogens is 2. The maximum Gasteiger partial charge on any atom is 0.0581 e. The van der Waals surface area contributed by atoms with Crippen LogP contribution < -0.4 is 0 Å². The lowest BCUT2D eigenvalue weighted by Gasteiger charge is -2.19. The van der Waals surface area contributed by atoms with Gasteiger partial charge in [-0.05, 0) is 36.0 Å². The van der Waals surface area contributed by atoms with Crippen molar-refractivity contribution in [1.29, 1.82) is 0 Å². The fraction of sp³-hybridized carbons (Fsp3) is 0.600. The molecule has 0 radical (unpaired) electrons. The molecule has 1 N–H and O–H groups in total. The normalized spacial score (nSPS) is 13.7. The lowest BCUT2D eigenvalue weighted by molar-refractivity contribution is 0.156. The zero-order valence-electron chi connectivity index (χ0n) is 11.3. The highest BCUT2D eigenvalue weighted by Gasteiger charge is 2.14. The minimum atomic E-state index is -0.371. The fourth-order valence-electron chi connectivity index (χ4n) is 1.93. The van der Waals surface area contributed by atoms with Crippen LogP contribution in [0.5, 0.6) is 0 Å². The first-order chi connectivity index (χ1) is 8.29. The van der Waals surface area contributed by atoms with Crippen LogP contribution in [0.25, 0.3) is 0 Å². The van der Waals surface area contributed by atoms with Gasteiger partial charge in [-0.15, -0.1) is 0 Å². The average Bonchev–Trinajstić information content (AvgIpc) is 2.22. The first-order valence-electron chi connectivity index (χ1n) is 6.40. The minimum absolute atomic E-state index is 0.321. The van der Waals surface area contributed by atoms with Crippen molar-refractivity contribution < 1.29 is 5.11 Å². The van der Waals surface area contributed by atoms with Gasteiger partial charge >= 0.3 is 0 Å². The highest BCUT2D eigenvalue weighted by atomic mass is 35.5. The lowest BCUT2D eigenvalue weighted by atomic mass is 9.89. The molecular formula is C15H22Cl2O. The Bertz CT molecular complexity index is 362. The molecule has 0 saturated heterocycles. The molecule has 1 unspecified atom stereocenters. The van der Waals surface area contributed by atoms with Crippen molar-refractivity contribution in [2.75, 3.05) is 0 Å². The van der Waals surface area contributed by atoms with Crippen LogP contribution in [0.15, 0.2) is 18.2 Å². The second kappa shape index (κ2) is 6.79. The first kappa shape index (κ1) is 15.8. The summed E-state index contributed by atoms with van der Waals surface area (Å²) in [6, 6.07) is 5.44. The Morgan fingerprint density at radius 1 is 1.17 bits per heavy atom. The van der Waals surface area contributed by atoms with Gasteiger partial charge in [0.1, 0.15) is 0 Å². The van der Waals surface area contributed by atoms with E-state index in [0.29, 0.717) is 21.9 Å². The van der Waals surface area contributed by atoms with Gasteiger partial charge in [0.25, 0.3) is 0 Å². The van der Waals surface area contributed by atoms with Gasteiger partial charge < -0.3 is 5.11 Å². The predicted octanol–water partition coefficient (Wildman–Crippen LogP) is 5.11. The van der Waals surface area contributed by atoms with E-state index < -0.39 is 0 Å². The Hall–Kier alpha value is -0.240. The smallest absolute Gasteiger partial charge is 0.0581 e. The van der Waals surface area contributed by atoms with Gasteiger partial charge in [0, 0.05) is 16.5 Å². The molecule has 1 aromatic carbocycles. The fourth-order valence-corrected chi connectivity index (χ4v) is 2.48. The molecule has 1 aromatic rings. The Balaban J connectivity index is 2.47. The maximum atomic E-state index is 10.0. The largest absolute Gasteiger partial charge is 0.393 e. The van der Waals surface area contributed by atoms with Crippen molar-refractivity contribution in [3.8, 4) is 0 Å². The van der Waals surface area contributed by atoms with Crippen molar-refractivity contribution in [2.45, 2.75) is 52.6 Å². The van der Waals surface area contributed by atoms with Crippen LogP contribution in [0, 0.1) is 5.41 Å². The van der Waals surface area contributed by atoms with Crippen molar-refractivity contribution in [1.82, 2.24) is 0 Å². The molecule has 0 aliphatic carbocycles. The van der Waals surface area contributed by atoms with Crippen LogP contribution in [0.3, 0.4) is 0 Å². The summed E-state index contributed by atoms with van der Waals surface area (Å²) in [6.07, 6.45) is 3.08. The van der Waals surface area contributed by atoms with Crippen LogP contribution in [0.4, 0.5) is 0 Å². The summed E-state index contributed by atoms with van der Waals surface area (Å²) in [5, 5.41) is 11.3. The van der Waals surface area contributed by atoms with Gasteiger partial charge in [-0.25, -0.2) is 0 Å². The number of hydrogen-bond acceptors (Lipinski definition) is 1. The van der Waals surface area contributed by atoms with E-state index in [4.69, 9.17) is 23.2 Å². The SMILES string of the molecule is CC(C)(C)CCCC(O)Cc1c(Cl)cccc1Cl. The summed E-state index contributed by atoms with van der Waals surface area (Å²) in [7, 11) is 0. The zero-order valence-corrected chi connectivity index (χ0v) is 12.9. The molecule has 0 saturated carbocycles. The molecule has 0 spiro atoms. The van der Waals surface area contributed by atoms with Gasteiger partial charge in [0.15, 0.2) is 0 Å². The third-order valence-corrected chi connectivity index (χ3v) is 3.67. The summed E-state index contributed by atoms with van der Waals surface area (Å²) < 4.78 is 0. The van der Waals surface area contributed by atoms with Crippen molar-refractivity contribution >= 4 is 23.2 Å². The summed E-state index contributed by atoms with van der Waals surface area (Å²) in [6.45, 7) is 6.64. The minimum Gasteiger partial charge on any atom is -0.393 e. The van der Waals surface area contributed by atoms with Gasteiger partial charge in [-0.1, -0.05) is 56.5 Å². The summed E-state index contributed by atoms with van der Waals surface area (Å²) in [4.78, 5) is 0. The van der Waals surface area contributed by atoms with Gasteiger partial charge in [0.2, 0.25) is 0 Å². The van der Waals surface area contributed by atoms with E-state index in [-0.39, 0.29) is 6.10 Å². The lowest BCUT2D eigenvalue weighted by Crippen LogP contribution is -2.13. The van der Waals surface area contributed by atoms with Crippen LogP contribution in [-0.2, 0) is 6.42 Å². The standard InChI is InChI=1S/C15H22Cl2O/c1-15(2,3)9-5-6-11(18)10-12-13(16)7-4-8-14(12)17/h4,7-8,11,18H,5-6,9-10H2,1-3H3. The van der Waals surface area contributed by atoms with E-state index in [2.05, 4.69) is 20.8 Å². The summed E-state index contributed by atoms with van der Waals surface area (Å²) in [5.41, 5.74) is 1.17. The molecule has 0 aliphatic heterocycles. The Morgan fingerprint density at radius 2 is 1.72 bits per heavy atom. The number of aliphatic hydroxyl groups excluding tert-OH is 1. The molecule has 0 aromatic heterocycles. The number of hydrogen-bond donors (Lipinski definition) is 1. The zero-order chi connectivity index (χ0) is 13.8. The van der Waals surface area contributed by atoms with Crippen molar-refractivity contribution in [3.05, 3.63) is 33.8 Å². The molecule has 0 fully saturated rings. The summed E-state index contributed by atoms with van der Waals surface area (Å²) >= 11 is 12.2. The Morgan fingerprint density at radius 3 is 2.22 bits per heavy atom. The molecule has 1 nitrogen and oxygen atoms in total. The monoisotopic (exact) mass is 288 g/mol. The van der Waals surface area contributed by atoms with Crippen LogP contribution in [0.1, 0.15) is 45.6 Å². The number of benzene rings is 1. The van der Waals surface area contributed by atoms with E-state index in [0.717, 1.165) is 24.8 Å². The van der Waals surface area contributed by atoms with E-state index in [9.17, 15) is 5.11 Å². The van der Waals surface area contributed by atoms with E-state index in [1.807, 2.05) is 18.2 Å². The van der Waals surface area contributed by atoms with E-state index in [1.54, 1.807) is 0 Å². The predicted molar refractivity (Wildman–Crippen MR) is 79.5 cm³/mol. The van der Waals surface area contributed by atoms with Gasteiger partial charge in [-0.3, -0.25) is 0 Å². The third-order valence-electron chi connectivity index (χ3n) is 2.97. The van der Waals surface area contributed by atoms with E-state index >= 15 is 0 Å². The molecule has 18 heavy (non-hydrogen) atoms. The highest BCUT2D eigenvalue weighted by Crippen LogP contribution is 2.27. The topological polar surface area (TPSA) is 20.2 Å². The van der Waals surface area contributed by atoms with Gasteiger partial charge in [0.05, 0.1) is 6.10 Å². The molecule has 102 valence electrons. The molecule has 0 amide bonds. The van der Waals surface area contributed by atoms with Crippen molar-refractivity contribution in [2.24, 2.45) is 5.41 Å².